The Hall–Kier alpha value is -0.800. The Balaban J connectivity index is 2.73. The van der Waals surface area contributed by atoms with E-state index < -0.39 is 0 Å². The summed E-state index contributed by atoms with van der Waals surface area (Å²) in [6.45, 7) is 0. The van der Waals surface area contributed by atoms with Crippen LogP contribution in [0.4, 0.5) is 0 Å². The molecule has 0 aliphatic heterocycles. The number of pyridine rings is 1. The summed E-state index contributed by atoms with van der Waals surface area (Å²) < 4.78 is 0. The number of benzene rings is 1. The molecule has 1 aromatic carbocycles. The number of hydrogen-bond acceptors (Lipinski definition) is 2. The lowest BCUT2D eigenvalue weighted by atomic mass is 10.1. The highest BCUT2D eigenvalue weighted by molar-refractivity contribution is 6.45. The first kappa shape index (κ1) is 13.6. The van der Waals surface area contributed by atoms with E-state index in [1.165, 1.54) is 18.3 Å². The summed E-state index contributed by atoms with van der Waals surface area (Å²) >= 11 is 24.0. The van der Waals surface area contributed by atoms with Crippen molar-refractivity contribution >= 4 is 52.7 Å². The Morgan fingerprint density at radius 1 is 1.06 bits per heavy atom. The smallest absolute Gasteiger partial charge is 0.151 e. The van der Waals surface area contributed by atoms with Crippen molar-refractivity contribution in [2.24, 2.45) is 0 Å². The number of carbonyl (C=O) groups excluding carboxylic acids is 1. The summed E-state index contributed by atoms with van der Waals surface area (Å²) in [5, 5.41) is 1.22. The first-order valence-electron chi connectivity index (χ1n) is 4.79. The van der Waals surface area contributed by atoms with Gasteiger partial charge in [0.25, 0.3) is 0 Å². The molecular weight excluding hydrogens is 316 g/mol. The predicted molar refractivity (Wildman–Crippen MR) is 75.1 cm³/mol. The molecule has 18 heavy (non-hydrogen) atoms. The maximum atomic E-state index is 10.8. The monoisotopic (exact) mass is 319 g/mol. The van der Waals surface area contributed by atoms with E-state index in [4.69, 9.17) is 46.4 Å². The van der Waals surface area contributed by atoms with Crippen LogP contribution in [0.15, 0.2) is 24.4 Å². The molecule has 0 saturated carbocycles. The Kier molecular flexibility index (Phi) is 4.13. The minimum Gasteiger partial charge on any atom is -0.298 e. The van der Waals surface area contributed by atoms with Gasteiger partial charge in [0.15, 0.2) is 6.29 Å². The molecule has 0 aliphatic carbocycles. The maximum absolute atomic E-state index is 10.8. The molecule has 6 heteroatoms. The highest BCUT2D eigenvalue weighted by atomic mass is 35.5. The quantitative estimate of drug-likeness (QED) is 0.564. The van der Waals surface area contributed by atoms with Crippen LogP contribution in [-0.2, 0) is 0 Å². The van der Waals surface area contributed by atoms with Crippen LogP contribution in [0.2, 0.25) is 20.1 Å². The fourth-order valence-electron chi connectivity index (χ4n) is 1.47. The van der Waals surface area contributed by atoms with Gasteiger partial charge in [0, 0.05) is 22.3 Å². The van der Waals surface area contributed by atoms with Crippen LogP contribution >= 0.6 is 46.4 Å². The van der Waals surface area contributed by atoms with E-state index in [-0.39, 0.29) is 5.02 Å². The first-order valence-corrected chi connectivity index (χ1v) is 6.30. The second kappa shape index (κ2) is 5.45. The van der Waals surface area contributed by atoms with Crippen LogP contribution in [0, 0.1) is 0 Å². The van der Waals surface area contributed by atoms with Crippen LogP contribution in [0.1, 0.15) is 10.4 Å². The average molecular weight is 321 g/mol. The molecule has 2 aromatic rings. The zero-order chi connectivity index (χ0) is 13.3. The Labute approximate surface area is 123 Å². The third-order valence-corrected chi connectivity index (χ3v) is 3.71. The van der Waals surface area contributed by atoms with Crippen LogP contribution in [-0.4, -0.2) is 11.3 Å². The number of aldehydes is 1. The molecule has 0 fully saturated rings. The molecule has 0 bridgehead atoms. The minimum atomic E-state index is 0.215. The molecule has 0 atom stereocenters. The molecule has 0 radical (unpaired) electrons. The summed E-state index contributed by atoms with van der Waals surface area (Å²) in [4.78, 5) is 14.9. The third-order valence-electron chi connectivity index (χ3n) is 2.29. The van der Waals surface area contributed by atoms with E-state index in [0.717, 1.165) is 0 Å². The molecule has 0 aliphatic rings. The van der Waals surface area contributed by atoms with Gasteiger partial charge >= 0.3 is 0 Å². The lowest BCUT2D eigenvalue weighted by Crippen LogP contribution is -1.91. The van der Waals surface area contributed by atoms with Gasteiger partial charge in [0.2, 0.25) is 0 Å². The number of nitrogens with zero attached hydrogens (tertiary/aromatic N) is 1. The van der Waals surface area contributed by atoms with E-state index in [0.29, 0.717) is 38.2 Å². The number of halogens is 4. The fraction of sp³-hybridized carbons (Fsp3) is 0. The largest absolute Gasteiger partial charge is 0.298 e. The third kappa shape index (κ3) is 2.47. The zero-order valence-corrected chi connectivity index (χ0v) is 11.8. The van der Waals surface area contributed by atoms with E-state index >= 15 is 0 Å². The van der Waals surface area contributed by atoms with Crippen molar-refractivity contribution in [3.8, 4) is 11.3 Å². The Bertz CT molecular complexity index is 628. The van der Waals surface area contributed by atoms with Gasteiger partial charge in [-0.1, -0.05) is 46.4 Å². The van der Waals surface area contributed by atoms with Crippen molar-refractivity contribution in [1.82, 2.24) is 4.98 Å². The molecule has 0 amide bonds. The second-order valence-electron chi connectivity index (χ2n) is 3.43. The summed E-state index contributed by atoms with van der Waals surface area (Å²) in [7, 11) is 0. The molecular formula is C12H5Cl4NO. The molecule has 92 valence electrons. The van der Waals surface area contributed by atoms with Crippen molar-refractivity contribution < 1.29 is 4.79 Å². The molecule has 2 nitrogen and oxygen atoms in total. The standard InChI is InChI=1S/C12H5Cl4NO/c13-7-3-8(11(16)9(14)4-7)12-10(15)6(5-18)1-2-17-12/h1-5H. The van der Waals surface area contributed by atoms with Gasteiger partial charge in [-0.05, 0) is 18.2 Å². The molecule has 2 rings (SSSR count). The maximum Gasteiger partial charge on any atom is 0.151 e. The minimum absolute atomic E-state index is 0.215. The van der Waals surface area contributed by atoms with Gasteiger partial charge in [-0.15, -0.1) is 0 Å². The number of carbonyl (C=O) groups is 1. The van der Waals surface area contributed by atoms with E-state index in [2.05, 4.69) is 4.98 Å². The fourth-order valence-corrected chi connectivity index (χ4v) is 2.42. The van der Waals surface area contributed by atoms with E-state index in [1.54, 1.807) is 6.07 Å². The molecule has 0 saturated heterocycles. The van der Waals surface area contributed by atoms with Gasteiger partial charge in [-0.2, -0.15) is 0 Å². The van der Waals surface area contributed by atoms with Gasteiger partial charge in [0.1, 0.15) is 0 Å². The molecule has 0 N–H and O–H groups in total. The van der Waals surface area contributed by atoms with Gasteiger partial charge in [0.05, 0.1) is 20.8 Å². The van der Waals surface area contributed by atoms with Gasteiger partial charge < -0.3 is 0 Å². The predicted octanol–water partition coefficient (Wildman–Crippen LogP) is 5.17. The number of aromatic nitrogens is 1. The van der Waals surface area contributed by atoms with Crippen LogP contribution in [0.5, 0.6) is 0 Å². The molecule has 0 unspecified atom stereocenters. The molecule has 1 heterocycles. The average Bonchev–Trinajstić information content (AvgIpc) is 2.34. The molecule has 0 spiro atoms. The first-order chi connectivity index (χ1) is 8.54. The summed E-state index contributed by atoms with van der Waals surface area (Å²) in [6, 6.07) is 4.63. The normalized spacial score (nSPS) is 10.4. The summed E-state index contributed by atoms with van der Waals surface area (Å²) in [6.07, 6.45) is 2.11. The highest BCUT2D eigenvalue weighted by Gasteiger charge is 2.15. The SMILES string of the molecule is O=Cc1ccnc(-c2cc(Cl)cc(Cl)c2Cl)c1Cl. The summed E-state index contributed by atoms with van der Waals surface area (Å²) in [5.41, 5.74) is 1.19. The van der Waals surface area contributed by atoms with Crippen LogP contribution in [0.3, 0.4) is 0 Å². The highest BCUT2D eigenvalue weighted by Crippen LogP contribution is 2.38. The second-order valence-corrected chi connectivity index (χ2v) is 5.03. The van der Waals surface area contributed by atoms with Crippen molar-refractivity contribution in [2.45, 2.75) is 0 Å². The van der Waals surface area contributed by atoms with Crippen molar-refractivity contribution in [3.05, 3.63) is 50.0 Å². The molecule has 1 aromatic heterocycles. The lowest BCUT2D eigenvalue weighted by molar-refractivity contribution is 0.112. The van der Waals surface area contributed by atoms with Gasteiger partial charge in [-0.25, -0.2) is 0 Å². The summed E-state index contributed by atoms with van der Waals surface area (Å²) in [5.74, 6) is 0. The zero-order valence-electron chi connectivity index (χ0n) is 8.75. The van der Waals surface area contributed by atoms with Crippen molar-refractivity contribution in [1.29, 1.82) is 0 Å². The van der Waals surface area contributed by atoms with Crippen molar-refractivity contribution in [3.63, 3.8) is 0 Å². The van der Waals surface area contributed by atoms with E-state index in [1.807, 2.05) is 0 Å². The Morgan fingerprint density at radius 2 is 1.78 bits per heavy atom. The number of rotatable bonds is 2. The van der Waals surface area contributed by atoms with Crippen LogP contribution < -0.4 is 0 Å². The van der Waals surface area contributed by atoms with Gasteiger partial charge in [-0.3, -0.25) is 9.78 Å². The Morgan fingerprint density at radius 3 is 2.44 bits per heavy atom. The number of hydrogen-bond donors (Lipinski definition) is 0. The topological polar surface area (TPSA) is 30.0 Å². The van der Waals surface area contributed by atoms with Crippen LogP contribution in [0.25, 0.3) is 11.3 Å². The lowest BCUT2D eigenvalue weighted by Gasteiger charge is -2.09. The van der Waals surface area contributed by atoms with Crippen molar-refractivity contribution in [2.75, 3.05) is 0 Å². The van der Waals surface area contributed by atoms with E-state index in [9.17, 15) is 4.79 Å².